The average Bonchev–Trinajstić information content (AvgIpc) is 3.06. The Bertz CT molecular complexity index is 155. The lowest BCUT2D eigenvalue weighted by Crippen LogP contribution is -2.20. The van der Waals surface area contributed by atoms with Crippen molar-refractivity contribution in [2.75, 3.05) is 13.2 Å². The van der Waals surface area contributed by atoms with E-state index in [9.17, 15) is 5.11 Å². The quantitative estimate of drug-likeness (QED) is 0.639. The molecule has 0 aromatic heterocycles. The van der Waals surface area contributed by atoms with Gasteiger partial charge in [0.05, 0.1) is 12.7 Å². The molecule has 2 atom stereocenters. The first-order valence-electron chi connectivity index (χ1n) is 6.53. The van der Waals surface area contributed by atoms with Crippen molar-refractivity contribution in [1.29, 1.82) is 0 Å². The lowest BCUT2D eigenvalue weighted by Gasteiger charge is -2.16. The Labute approximate surface area is 94.0 Å². The van der Waals surface area contributed by atoms with E-state index in [4.69, 9.17) is 4.74 Å². The SMILES string of the molecule is CCCCC(CC)COCC(O)C1CC1. The first-order chi connectivity index (χ1) is 7.27. The molecule has 0 amide bonds. The fourth-order valence-electron chi connectivity index (χ4n) is 1.87. The fraction of sp³-hybridized carbons (Fsp3) is 1.00. The van der Waals surface area contributed by atoms with Crippen molar-refractivity contribution < 1.29 is 9.84 Å². The van der Waals surface area contributed by atoms with Crippen LogP contribution in [0.15, 0.2) is 0 Å². The second-order valence-electron chi connectivity index (χ2n) is 4.86. The van der Waals surface area contributed by atoms with Crippen molar-refractivity contribution in [3.05, 3.63) is 0 Å². The summed E-state index contributed by atoms with van der Waals surface area (Å²) in [6.07, 6.45) is 7.21. The third-order valence-electron chi connectivity index (χ3n) is 3.35. The van der Waals surface area contributed by atoms with Gasteiger partial charge in [-0.2, -0.15) is 0 Å². The molecule has 0 radical (unpaired) electrons. The number of rotatable bonds is 9. The van der Waals surface area contributed by atoms with Gasteiger partial charge in [0.25, 0.3) is 0 Å². The molecule has 0 bridgehead atoms. The van der Waals surface area contributed by atoms with E-state index in [1.165, 1.54) is 38.5 Å². The molecule has 90 valence electrons. The van der Waals surface area contributed by atoms with Crippen LogP contribution in [-0.4, -0.2) is 24.4 Å². The number of ether oxygens (including phenoxy) is 1. The zero-order valence-corrected chi connectivity index (χ0v) is 10.2. The van der Waals surface area contributed by atoms with Gasteiger partial charge in [-0.1, -0.05) is 33.1 Å². The number of aliphatic hydroxyl groups is 1. The zero-order valence-electron chi connectivity index (χ0n) is 10.2. The van der Waals surface area contributed by atoms with Gasteiger partial charge in [-0.15, -0.1) is 0 Å². The number of hydrogen-bond donors (Lipinski definition) is 1. The van der Waals surface area contributed by atoms with E-state index in [0.717, 1.165) is 6.61 Å². The van der Waals surface area contributed by atoms with E-state index < -0.39 is 0 Å². The molecule has 2 nitrogen and oxygen atoms in total. The monoisotopic (exact) mass is 214 g/mol. The molecular weight excluding hydrogens is 188 g/mol. The second-order valence-corrected chi connectivity index (χ2v) is 4.86. The van der Waals surface area contributed by atoms with Gasteiger partial charge < -0.3 is 9.84 Å². The highest BCUT2D eigenvalue weighted by Gasteiger charge is 2.29. The van der Waals surface area contributed by atoms with E-state index in [-0.39, 0.29) is 6.10 Å². The van der Waals surface area contributed by atoms with Gasteiger partial charge >= 0.3 is 0 Å². The molecule has 2 heteroatoms. The van der Waals surface area contributed by atoms with Crippen LogP contribution in [0.2, 0.25) is 0 Å². The number of unbranched alkanes of at least 4 members (excludes halogenated alkanes) is 1. The van der Waals surface area contributed by atoms with Gasteiger partial charge in [0.1, 0.15) is 0 Å². The number of hydrogen-bond acceptors (Lipinski definition) is 2. The number of aliphatic hydroxyl groups excluding tert-OH is 1. The Kier molecular flexibility index (Phi) is 6.26. The van der Waals surface area contributed by atoms with Crippen LogP contribution < -0.4 is 0 Å². The van der Waals surface area contributed by atoms with E-state index in [1.54, 1.807) is 0 Å². The Morgan fingerprint density at radius 3 is 2.53 bits per heavy atom. The van der Waals surface area contributed by atoms with Crippen LogP contribution in [0.1, 0.15) is 52.4 Å². The van der Waals surface area contributed by atoms with Crippen molar-refractivity contribution >= 4 is 0 Å². The smallest absolute Gasteiger partial charge is 0.0801 e. The van der Waals surface area contributed by atoms with Gasteiger partial charge in [0.2, 0.25) is 0 Å². The lowest BCUT2D eigenvalue weighted by atomic mass is 10.0. The summed E-state index contributed by atoms with van der Waals surface area (Å²) in [6.45, 7) is 5.83. The summed E-state index contributed by atoms with van der Waals surface area (Å²) in [6, 6.07) is 0. The fourth-order valence-corrected chi connectivity index (χ4v) is 1.87. The Balaban J connectivity index is 1.99. The second kappa shape index (κ2) is 7.24. The van der Waals surface area contributed by atoms with Gasteiger partial charge in [-0.3, -0.25) is 0 Å². The normalized spacial score (nSPS) is 20.2. The Morgan fingerprint density at radius 1 is 1.27 bits per heavy atom. The third kappa shape index (κ3) is 5.53. The topological polar surface area (TPSA) is 29.5 Å². The Hall–Kier alpha value is -0.0800. The molecule has 1 aliphatic rings. The molecule has 1 rings (SSSR count). The van der Waals surface area contributed by atoms with Gasteiger partial charge in [0, 0.05) is 6.61 Å². The van der Waals surface area contributed by atoms with Crippen LogP contribution in [0.3, 0.4) is 0 Å². The van der Waals surface area contributed by atoms with Gasteiger partial charge in [-0.25, -0.2) is 0 Å². The molecule has 1 fully saturated rings. The maximum absolute atomic E-state index is 9.63. The molecule has 0 aliphatic heterocycles. The van der Waals surface area contributed by atoms with Crippen molar-refractivity contribution in [2.45, 2.75) is 58.5 Å². The molecule has 1 saturated carbocycles. The minimum atomic E-state index is -0.200. The van der Waals surface area contributed by atoms with Crippen LogP contribution in [0.25, 0.3) is 0 Å². The highest BCUT2D eigenvalue weighted by atomic mass is 16.5. The highest BCUT2D eigenvalue weighted by molar-refractivity contribution is 4.80. The average molecular weight is 214 g/mol. The first kappa shape index (κ1) is 13.0. The molecule has 15 heavy (non-hydrogen) atoms. The van der Waals surface area contributed by atoms with Crippen molar-refractivity contribution in [3.8, 4) is 0 Å². The molecule has 0 spiro atoms. The lowest BCUT2D eigenvalue weighted by molar-refractivity contribution is 0.00950. The van der Waals surface area contributed by atoms with Crippen LogP contribution >= 0.6 is 0 Å². The largest absolute Gasteiger partial charge is 0.390 e. The summed E-state index contributed by atoms with van der Waals surface area (Å²) in [5.74, 6) is 1.23. The minimum absolute atomic E-state index is 0.200. The van der Waals surface area contributed by atoms with Crippen molar-refractivity contribution in [2.24, 2.45) is 11.8 Å². The summed E-state index contributed by atoms with van der Waals surface area (Å²) in [4.78, 5) is 0. The predicted octanol–water partition coefficient (Wildman–Crippen LogP) is 2.99. The molecule has 1 N–H and O–H groups in total. The molecular formula is C13H26O2. The van der Waals surface area contributed by atoms with E-state index in [1.807, 2.05) is 0 Å². The van der Waals surface area contributed by atoms with Gasteiger partial charge in [0.15, 0.2) is 0 Å². The summed E-state index contributed by atoms with van der Waals surface area (Å²) in [5.41, 5.74) is 0. The van der Waals surface area contributed by atoms with Crippen LogP contribution in [0.4, 0.5) is 0 Å². The van der Waals surface area contributed by atoms with Gasteiger partial charge in [-0.05, 0) is 31.1 Å². The standard InChI is InChI=1S/C13H26O2/c1-3-5-6-11(4-2)9-15-10-13(14)12-7-8-12/h11-14H,3-10H2,1-2H3. The van der Waals surface area contributed by atoms with Crippen LogP contribution in [-0.2, 0) is 4.74 Å². The summed E-state index contributed by atoms with van der Waals surface area (Å²) in [5, 5.41) is 9.63. The molecule has 0 aromatic carbocycles. The van der Waals surface area contributed by atoms with Crippen molar-refractivity contribution in [3.63, 3.8) is 0 Å². The predicted molar refractivity (Wildman–Crippen MR) is 62.9 cm³/mol. The maximum atomic E-state index is 9.63. The highest BCUT2D eigenvalue weighted by Crippen LogP contribution is 2.32. The molecule has 0 heterocycles. The summed E-state index contributed by atoms with van der Waals surface area (Å²) in [7, 11) is 0. The molecule has 2 unspecified atom stereocenters. The van der Waals surface area contributed by atoms with E-state index in [2.05, 4.69) is 13.8 Å². The van der Waals surface area contributed by atoms with E-state index >= 15 is 0 Å². The van der Waals surface area contributed by atoms with Crippen molar-refractivity contribution in [1.82, 2.24) is 0 Å². The summed E-state index contributed by atoms with van der Waals surface area (Å²) < 4.78 is 5.60. The minimum Gasteiger partial charge on any atom is -0.390 e. The molecule has 0 aromatic rings. The summed E-state index contributed by atoms with van der Waals surface area (Å²) >= 11 is 0. The molecule has 1 aliphatic carbocycles. The van der Waals surface area contributed by atoms with Crippen LogP contribution in [0.5, 0.6) is 0 Å². The van der Waals surface area contributed by atoms with Crippen LogP contribution in [0, 0.1) is 11.8 Å². The van der Waals surface area contributed by atoms with E-state index in [0.29, 0.717) is 18.4 Å². The Morgan fingerprint density at radius 2 is 2.00 bits per heavy atom. The zero-order chi connectivity index (χ0) is 11.1. The third-order valence-corrected chi connectivity index (χ3v) is 3.35. The first-order valence-corrected chi connectivity index (χ1v) is 6.53. The maximum Gasteiger partial charge on any atom is 0.0801 e. The molecule has 0 saturated heterocycles.